The second kappa shape index (κ2) is 5.18. The Morgan fingerprint density at radius 1 is 1.37 bits per heavy atom. The van der Waals surface area contributed by atoms with Crippen molar-refractivity contribution in [3.63, 3.8) is 0 Å². The van der Waals surface area contributed by atoms with E-state index in [1.807, 2.05) is 0 Å². The van der Waals surface area contributed by atoms with Gasteiger partial charge in [0.25, 0.3) is 0 Å². The lowest BCUT2D eigenvalue weighted by Crippen LogP contribution is -2.54. The van der Waals surface area contributed by atoms with Crippen LogP contribution in [0.1, 0.15) is 19.3 Å². The summed E-state index contributed by atoms with van der Waals surface area (Å²) in [7, 11) is -3.90. The molecular weight excluding hydrogens is 314 g/mol. The van der Waals surface area contributed by atoms with Gasteiger partial charge in [0.05, 0.1) is 10.0 Å². The summed E-state index contributed by atoms with van der Waals surface area (Å²) in [5.41, 5.74) is 5.42. The predicted octanol–water partition coefficient (Wildman–Crippen LogP) is 2.29. The number of hydrogen-bond acceptors (Lipinski definition) is 3. The molecule has 0 heterocycles. The van der Waals surface area contributed by atoms with Crippen LogP contribution in [0.15, 0.2) is 17.0 Å². The highest BCUT2D eigenvalue weighted by Crippen LogP contribution is 2.31. The molecule has 2 rings (SSSR count). The van der Waals surface area contributed by atoms with Gasteiger partial charge in [0.1, 0.15) is 4.90 Å². The van der Waals surface area contributed by atoms with E-state index in [9.17, 15) is 12.8 Å². The van der Waals surface area contributed by atoms with Crippen LogP contribution in [0, 0.1) is 5.82 Å². The second-order valence-corrected chi connectivity index (χ2v) is 7.23. The molecule has 1 aliphatic carbocycles. The fraction of sp³-hybridized carbons (Fsp3) is 0.455. The molecule has 8 heteroatoms. The van der Waals surface area contributed by atoms with Gasteiger partial charge in [-0.25, -0.2) is 17.5 Å². The Bertz CT molecular complexity index is 603. The zero-order chi connectivity index (χ0) is 14.3. The van der Waals surface area contributed by atoms with Crippen LogP contribution in [0.4, 0.5) is 4.39 Å². The fourth-order valence-electron chi connectivity index (χ4n) is 1.84. The average molecular weight is 327 g/mol. The number of sulfonamides is 1. The SMILES string of the molecule is NC1(CNS(=O)(=O)c2ccc(Cl)c(F)c2Cl)CCC1. The average Bonchev–Trinajstić information content (AvgIpc) is 2.31. The van der Waals surface area contributed by atoms with E-state index in [1.165, 1.54) is 6.07 Å². The molecule has 106 valence electrons. The Morgan fingerprint density at radius 2 is 2.00 bits per heavy atom. The van der Waals surface area contributed by atoms with Crippen LogP contribution in [-0.4, -0.2) is 20.5 Å². The summed E-state index contributed by atoms with van der Waals surface area (Å²) in [5, 5.41) is -0.738. The summed E-state index contributed by atoms with van der Waals surface area (Å²) in [6, 6.07) is 2.32. The molecule has 1 aliphatic rings. The summed E-state index contributed by atoms with van der Waals surface area (Å²) in [4.78, 5) is -0.334. The van der Waals surface area contributed by atoms with Gasteiger partial charge in [-0.15, -0.1) is 0 Å². The first kappa shape index (κ1) is 15.0. The third-order valence-corrected chi connectivity index (χ3v) is 5.47. The summed E-state index contributed by atoms with van der Waals surface area (Å²) in [6.45, 7) is 0.107. The number of nitrogens with two attached hydrogens (primary N) is 1. The van der Waals surface area contributed by atoms with E-state index in [1.54, 1.807) is 0 Å². The zero-order valence-electron chi connectivity index (χ0n) is 9.92. The van der Waals surface area contributed by atoms with Crippen molar-refractivity contribution >= 4 is 33.2 Å². The normalized spacial score (nSPS) is 18.1. The molecule has 0 unspecified atom stereocenters. The Hall–Kier alpha value is -0.400. The van der Waals surface area contributed by atoms with Crippen molar-refractivity contribution in [3.05, 3.63) is 28.0 Å². The first-order chi connectivity index (χ1) is 8.75. The van der Waals surface area contributed by atoms with Crippen LogP contribution in [0.2, 0.25) is 10.0 Å². The molecule has 1 saturated carbocycles. The molecule has 0 bridgehead atoms. The molecule has 1 aromatic rings. The molecule has 19 heavy (non-hydrogen) atoms. The standard InChI is InChI=1S/C11H13Cl2FN2O2S/c12-7-2-3-8(9(13)10(7)14)19(17,18)16-6-11(15)4-1-5-11/h2-3,16H,1,4-6,15H2. The number of benzene rings is 1. The Morgan fingerprint density at radius 3 is 2.53 bits per heavy atom. The molecule has 1 fully saturated rings. The molecule has 3 N–H and O–H groups in total. The fourth-order valence-corrected chi connectivity index (χ4v) is 3.72. The van der Waals surface area contributed by atoms with Gasteiger partial charge in [0.2, 0.25) is 10.0 Å². The van der Waals surface area contributed by atoms with Crippen molar-refractivity contribution < 1.29 is 12.8 Å². The number of nitrogens with one attached hydrogen (secondary N) is 1. The highest BCUT2D eigenvalue weighted by molar-refractivity contribution is 7.89. The van der Waals surface area contributed by atoms with Crippen LogP contribution in [0.5, 0.6) is 0 Å². The minimum atomic E-state index is -3.90. The lowest BCUT2D eigenvalue weighted by Gasteiger charge is -2.38. The first-order valence-electron chi connectivity index (χ1n) is 5.67. The van der Waals surface area contributed by atoms with Crippen molar-refractivity contribution in [2.24, 2.45) is 5.73 Å². The summed E-state index contributed by atoms with van der Waals surface area (Å²) in [6.07, 6.45) is 2.50. The van der Waals surface area contributed by atoms with Gasteiger partial charge >= 0.3 is 0 Å². The molecule has 0 radical (unpaired) electrons. The molecule has 0 atom stereocenters. The molecule has 0 aliphatic heterocycles. The van der Waals surface area contributed by atoms with Crippen molar-refractivity contribution in [2.75, 3.05) is 6.54 Å². The van der Waals surface area contributed by atoms with E-state index < -0.39 is 26.4 Å². The van der Waals surface area contributed by atoms with Gasteiger partial charge in [-0.1, -0.05) is 23.2 Å². The molecule has 0 aromatic heterocycles. The summed E-state index contributed by atoms with van der Waals surface area (Å²) in [5.74, 6) is -0.947. The molecule has 0 spiro atoms. The lowest BCUT2D eigenvalue weighted by atomic mass is 9.78. The molecule has 1 aromatic carbocycles. The summed E-state index contributed by atoms with van der Waals surface area (Å²) >= 11 is 11.2. The number of rotatable bonds is 4. The third kappa shape index (κ3) is 3.03. The van der Waals surface area contributed by atoms with Crippen LogP contribution in [-0.2, 0) is 10.0 Å². The number of halogens is 3. The monoisotopic (exact) mass is 326 g/mol. The Balaban J connectivity index is 2.22. The maximum absolute atomic E-state index is 13.5. The predicted molar refractivity (Wildman–Crippen MR) is 72.4 cm³/mol. The van der Waals surface area contributed by atoms with E-state index in [2.05, 4.69) is 4.72 Å². The maximum atomic E-state index is 13.5. The van der Waals surface area contributed by atoms with Crippen molar-refractivity contribution in [1.82, 2.24) is 4.72 Å². The molecule has 0 amide bonds. The quantitative estimate of drug-likeness (QED) is 0.834. The van der Waals surface area contributed by atoms with Crippen molar-refractivity contribution in [3.8, 4) is 0 Å². The highest BCUT2D eigenvalue weighted by Gasteiger charge is 2.34. The van der Waals surface area contributed by atoms with Crippen molar-refractivity contribution in [1.29, 1.82) is 0 Å². The summed E-state index contributed by atoms with van der Waals surface area (Å²) < 4.78 is 39.9. The highest BCUT2D eigenvalue weighted by atomic mass is 35.5. The van der Waals surface area contributed by atoms with Gasteiger partial charge < -0.3 is 5.73 Å². The topological polar surface area (TPSA) is 72.2 Å². The van der Waals surface area contributed by atoms with Crippen molar-refractivity contribution in [2.45, 2.75) is 29.7 Å². The van der Waals surface area contributed by atoms with Gasteiger partial charge in [-0.05, 0) is 31.4 Å². The van der Waals surface area contributed by atoms with Gasteiger partial charge in [-0.2, -0.15) is 0 Å². The minimum absolute atomic E-state index is 0.107. The molecule has 4 nitrogen and oxygen atoms in total. The Kier molecular flexibility index (Phi) is 4.09. The minimum Gasteiger partial charge on any atom is -0.324 e. The Labute approximate surface area is 121 Å². The molecule has 0 saturated heterocycles. The van der Waals surface area contributed by atoms with Gasteiger partial charge in [0.15, 0.2) is 5.82 Å². The second-order valence-electron chi connectivity index (χ2n) is 4.71. The van der Waals surface area contributed by atoms with E-state index in [4.69, 9.17) is 28.9 Å². The van der Waals surface area contributed by atoms with Crippen LogP contribution < -0.4 is 10.5 Å². The van der Waals surface area contributed by atoms with Gasteiger partial charge in [-0.3, -0.25) is 0 Å². The van der Waals surface area contributed by atoms with Crippen LogP contribution in [0.3, 0.4) is 0 Å². The molecular formula is C11H13Cl2FN2O2S. The van der Waals surface area contributed by atoms with Crippen LogP contribution >= 0.6 is 23.2 Å². The van der Waals surface area contributed by atoms with E-state index in [0.29, 0.717) is 0 Å². The smallest absolute Gasteiger partial charge is 0.242 e. The number of hydrogen-bond donors (Lipinski definition) is 2. The van der Waals surface area contributed by atoms with E-state index in [-0.39, 0.29) is 16.5 Å². The van der Waals surface area contributed by atoms with Gasteiger partial charge in [0, 0.05) is 12.1 Å². The third-order valence-electron chi connectivity index (χ3n) is 3.25. The maximum Gasteiger partial charge on any atom is 0.242 e. The lowest BCUT2D eigenvalue weighted by molar-refractivity contribution is 0.251. The zero-order valence-corrected chi connectivity index (χ0v) is 12.2. The first-order valence-corrected chi connectivity index (χ1v) is 7.91. The van der Waals surface area contributed by atoms with E-state index in [0.717, 1.165) is 25.3 Å². The van der Waals surface area contributed by atoms with Crippen LogP contribution in [0.25, 0.3) is 0 Å². The van der Waals surface area contributed by atoms with E-state index >= 15 is 0 Å². The largest absolute Gasteiger partial charge is 0.324 e.